The number of amides is 1. The van der Waals surface area contributed by atoms with Gasteiger partial charge in [-0.3, -0.25) is 4.79 Å². The van der Waals surface area contributed by atoms with Gasteiger partial charge in [0.05, 0.1) is 24.8 Å². The first-order valence-electron chi connectivity index (χ1n) is 6.39. The van der Waals surface area contributed by atoms with E-state index in [0.717, 1.165) is 0 Å². The number of aromatic nitrogens is 2. The van der Waals surface area contributed by atoms with Crippen molar-refractivity contribution in [2.75, 3.05) is 27.4 Å². The van der Waals surface area contributed by atoms with Crippen LogP contribution in [0.5, 0.6) is 0 Å². The quantitative estimate of drug-likeness (QED) is 0.814. The van der Waals surface area contributed by atoms with Gasteiger partial charge in [0.25, 0.3) is 5.91 Å². The smallest absolute Gasteiger partial charge is 0.257 e. The molecule has 2 heterocycles. The molecular formula is C13H19N3O4. The number of hydrogen-bond acceptors (Lipinski definition) is 6. The lowest BCUT2D eigenvalue weighted by atomic mass is 10.0. The van der Waals surface area contributed by atoms with Crippen LogP contribution in [0.1, 0.15) is 16.2 Å². The third kappa shape index (κ3) is 2.95. The fourth-order valence-corrected chi connectivity index (χ4v) is 2.16. The summed E-state index contributed by atoms with van der Waals surface area (Å²) in [6.45, 7) is 2.35. The molecule has 0 spiro atoms. The van der Waals surface area contributed by atoms with Crippen LogP contribution in [0.15, 0.2) is 12.4 Å². The Labute approximate surface area is 117 Å². The Morgan fingerprint density at radius 3 is 2.70 bits per heavy atom. The number of aliphatic hydroxyl groups excluding tert-OH is 1. The predicted molar refractivity (Wildman–Crippen MR) is 70.3 cm³/mol. The summed E-state index contributed by atoms with van der Waals surface area (Å²) < 4.78 is 10.5. The average Bonchev–Trinajstić information content (AvgIpc) is 2.47. The van der Waals surface area contributed by atoms with Crippen LogP contribution in [0.25, 0.3) is 0 Å². The molecule has 1 aromatic heterocycles. The summed E-state index contributed by atoms with van der Waals surface area (Å²) in [5.74, 6) is 0.346. The molecular weight excluding hydrogens is 262 g/mol. The fraction of sp³-hybridized carbons (Fsp3) is 0.615. The number of aryl methyl sites for hydroxylation is 1. The highest BCUT2D eigenvalue weighted by Gasteiger charge is 2.37. The summed E-state index contributed by atoms with van der Waals surface area (Å²) in [6.07, 6.45) is 1.74. The van der Waals surface area contributed by atoms with Crippen molar-refractivity contribution in [2.45, 2.75) is 25.2 Å². The van der Waals surface area contributed by atoms with E-state index in [-0.39, 0.29) is 12.5 Å². The maximum absolute atomic E-state index is 12.3. The van der Waals surface area contributed by atoms with Crippen molar-refractivity contribution in [2.24, 2.45) is 0 Å². The number of likely N-dealkylation sites (N-methyl/N-ethyl adjacent to an activating group) is 1. The van der Waals surface area contributed by atoms with E-state index in [1.54, 1.807) is 14.0 Å². The van der Waals surface area contributed by atoms with Crippen LogP contribution in [0.4, 0.5) is 0 Å². The van der Waals surface area contributed by atoms with E-state index in [1.807, 2.05) is 0 Å². The normalized spacial score (nSPS) is 26.3. The molecule has 1 aliphatic rings. The molecule has 2 rings (SSSR count). The monoisotopic (exact) mass is 281 g/mol. The van der Waals surface area contributed by atoms with Gasteiger partial charge in [-0.1, -0.05) is 0 Å². The predicted octanol–water partition coefficient (Wildman–Crippen LogP) is -0.368. The molecule has 0 aliphatic carbocycles. The summed E-state index contributed by atoms with van der Waals surface area (Å²) in [5.41, 5.74) is 0.379. The maximum Gasteiger partial charge on any atom is 0.257 e. The van der Waals surface area contributed by atoms with Gasteiger partial charge in [-0.25, -0.2) is 9.97 Å². The van der Waals surface area contributed by atoms with Gasteiger partial charge in [0.1, 0.15) is 18.0 Å². The van der Waals surface area contributed by atoms with Crippen molar-refractivity contribution < 1.29 is 19.4 Å². The van der Waals surface area contributed by atoms with Gasteiger partial charge in [0, 0.05) is 26.6 Å². The van der Waals surface area contributed by atoms with Crippen molar-refractivity contribution in [1.29, 1.82) is 0 Å². The van der Waals surface area contributed by atoms with Crippen molar-refractivity contribution in [3.05, 3.63) is 23.8 Å². The Hall–Kier alpha value is -1.57. The molecule has 0 aromatic carbocycles. The minimum absolute atomic E-state index is 0.255. The van der Waals surface area contributed by atoms with Crippen LogP contribution < -0.4 is 0 Å². The molecule has 1 amide bonds. The van der Waals surface area contributed by atoms with Gasteiger partial charge < -0.3 is 19.5 Å². The van der Waals surface area contributed by atoms with E-state index in [2.05, 4.69) is 9.97 Å². The molecule has 1 fully saturated rings. The first-order valence-corrected chi connectivity index (χ1v) is 6.39. The Bertz CT molecular complexity index is 465. The minimum atomic E-state index is -0.783. The van der Waals surface area contributed by atoms with Crippen LogP contribution in [-0.4, -0.2) is 71.5 Å². The zero-order valence-corrected chi connectivity index (χ0v) is 11.8. The second-order valence-corrected chi connectivity index (χ2v) is 4.80. The molecule has 0 saturated carbocycles. The Morgan fingerprint density at radius 2 is 2.10 bits per heavy atom. The highest BCUT2D eigenvalue weighted by molar-refractivity contribution is 5.93. The number of methoxy groups -OCH3 is 1. The SMILES string of the molecule is CO[C@@H]1COC[C@@H](N(C)C(=O)c2cnc(C)nc2)[C@@H]1O. The zero-order chi connectivity index (χ0) is 14.7. The summed E-state index contributed by atoms with van der Waals surface area (Å²) in [6, 6.07) is -0.456. The van der Waals surface area contributed by atoms with Crippen LogP contribution in [0.3, 0.4) is 0 Å². The van der Waals surface area contributed by atoms with Gasteiger partial charge in [-0.2, -0.15) is 0 Å². The number of aliphatic hydroxyl groups is 1. The Kier molecular flexibility index (Phi) is 4.64. The molecule has 0 bridgehead atoms. The van der Waals surface area contributed by atoms with E-state index < -0.39 is 18.2 Å². The minimum Gasteiger partial charge on any atom is -0.388 e. The fourth-order valence-electron chi connectivity index (χ4n) is 2.16. The third-order valence-electron chi connectivity index (χ3n) is 3.49. The standard InChI is InChI=1S/C13H19N3O4/c1-8-14-4-9(5-15-8)13(18)16(2)10-6-20-7-11(19-3)12(10)17/h4-5,10-12,17H,6-7H2,1-3H3/t10-,11-,12+/m1/s1. The lowest BCUT2D eigenvalue weighted by molar-refractivity contribution is -0.135. The number of carbonyl (C=O) groups is 1. The Morgan fingerprint density at radius 1 is 1.45 bits per heavy atom. The lowest BCUT2D eigenvalue weighted by Gasteiger charge is -2.38. The molecule has 3 atom stereocenters. The van der Waals surface area contributed by atoms with Crippen LogP contribution in [0.2, 0.25) is 0 Å². The lowest BCUT2D eigenvalue weighted by Crippen LogP contribution is -2.56. The zero-order valence-electron chi connectivity index (χ0n) is 11.8. The highest BCUT2D eigenvalue weighted by Crippen LogP contribution is 2.17. The molecule has 1 N–H and O–H groups in total. The third-order valence-corrected chi connectivity index (χ3v) is 3.49. The van der Waals surface area contributed by atoms with E-state index in [4.69, 9.17) is 9.47 Å². The van der Waals surface area contributed by atoms with Gasteiger partial charge in [-0.15, -0.1) is 0 Å². The van der Waals surface area contributed by atoms with E-state index in [0.29, 0.717) is 18.0 Å². The number of carbonyl (C=O) groups excluding carboxylic acids is 1. The van der Waals surface area contributed by atoms with Crippen LogP contribution in [0, 0.1) is 6.92 Å². The summed E-state index contributed by atoms with van der Waals surface area (Å²) in [4.78, 5) is 21.8. The molecule has 1 saturated heterocycles. The molecule has 110 valence electrons. The van der Waals surface area contributed by atoms with E-state index in [1.165, 1.54) is 24.4 Å². The van der Waals surface area contributed by atoms with Gasteiger partial charge in [-0.05, 0) is 6.92 Å². The number of rotatable bonds is 3. The van der Waals surface area contributed by atoms with Gasteiger partial charge in [0.15, 0.2) is 0 Å². The van der Waals surface area contributed by atoms with Crippen molar-refractivity contribution in [1.82, 2.24) is 14.9 Å². The average molecular weight is 281 g/mol. The summed E-state index contributed by atoms with van der Waals surface area (Å²) >= 11 is 0. The second-order valence-electron chi connectivity index (χ2n) is 4.80. The molecule has 1 aromatic rings. The Balaban J connectivity index is 2.11. The summed E-state index contributed by atoms with van der Waals surface area (Å²) in [7, 11) is 3.13. The largest absolute Gasteiger partial charge is 0.388 e. The number of nitrogens with zero attached hydrogens (tertiary/aromatic N) is 3. The van der Waals surface area contributed by atoms with Crippen LogP contribution >= 0.6 is 0 Å². The van der Waals surface area contributed by atoms with Gasteiger partial charge >= 0.3 is 0 Å². The molecule has 7 heteroatoms. The molecule has 1 aliphatic heterocycles. The first kappa shape index (κ1) is 14.8. The van der Waals surface area contributed by atoms with Crippen molar-refractivity contribution in [3.8, 4) is 0 Å². The number of ether oxygens (including phenoxy) is 2. The number of hydrogen-bond donors (Lipinski definition) is 1. The molecule has 0 unspecified atom stereocenters. The molecule has 20 heavy (non-hydrogen) atoms. The van der Waals surface area contributed by atoms with E-state index in [9.17, 15) is 9.90 Å². The molecule has 7 nitrogen and oxygen atoms in total. The van der Waals surface area contributed by atoms with Gasteiger partial charge in [0.2, 0.25) is 0 Å². The first-order chi connectivity index (χ1) is 9.54. The second kappa shape index (κ2) is 6.25. The van der Waals surface area contributed by atoms with Crippen molar-refractivity contribution in [3.63, 3.8) is 0 Å². The maximum atomic E-state index is 12.3. The van der Waals surface area contributed by atoms with Crippen molar-refractivity contribution >= 4 is 5.91 Å². The summed E-state index contributed by atoms with van der Waals surface area (Å²) in [5, 5.41) is 10.2. The molecule has 0 radical (unpaired) electrons. The van der Waals surface area contributed by atoms with E-state index >= 15 is 0 Å². The highest BCUT2D eigenvalue weighted by atomic mass is 16.5. The topological polar surface area (TPSA) is 84.8 Å². The van der Waals surface area contributed by atoms with Crippen LogP contribution in [-0.2, 0) is 9.47 Å².